The summed E-state index contributed by atoms with van der Waals surface area (Å²) >= 11 is 0. The van der Waals surface area contributed by atoms with E-state index in [0.29, 0.717) is 12.8 Å². The van der Waals surface area contributed by atoms with E-state index in [1.807, 2.05) is 6.08 Å². The summed E-state index contributed by atoms with van der Waals surface area (Å²) in [6.07, 6.45) is 12.3. The highest BCUT2D eigenvalue weighted by atomic mass is 16.8. The largest absolute Gasteiger partial charge is 0.394 e. The first-order valence-corrected chi connectivity index (χ1v) is 37.9. The van der Waals surface area contributed by atoms with E-state index in [1.165, 1.54) is 167 Å². The lowest BCUT2D eigenvalue weighted by Gasteiger charge is -2.51. The second kappa shape index (κ2) is 51.5. The number of hydrogen-bond donors (Lipinski definition) is 15. The highest BCUT2D eigenvalue weighted by molar-refractivity contribution is 5.76. The molecule has 22 atom stereocenters. The molecule has 574 valence electrons. The highest BCUT2D eigenvalue weighted by Crippen LogP contribution is 2.36. The molecular formula is C72H133N3O23. The summed E-state index contributed by atoms with van der Waals surface area (Å²) in [5.74, 6) is -1.79. The minimum Gasteiger partial charge on any atom is -0.394 e. The van der Waals surface area contributed by atoms with E-state index in [-0.39, 0.29) is 12.3 Å². The molecule has 0 aromatic rings. The zero-order chi connectivity index (χ0) is 71.6. The van der Waals surface area contributed by atoms with Gasteiger partial charge in [-0.25, -0.2) is 0 Å². The summed E-state index contributed by atoms with van der Waals surface area (Å²) in [6.45, 7) is 2.57. The van der Waals surface area contributed by atoms with Gasteiger partial charge in [0, 0.05) is 20.3 Å². The van der Waals surface area contributed by atoms with Gasteiger partial charge in [-0.2, -0.15) is 0 Å². The fourth-order valence-corrected chi connectivity index (χ4v) is 13.5. The summed E-state index contributed by atoms with van der Waals surface area (Å²) in [6, 6.07) is -4.26. The quantitative estimate of drug-likeness (QED) is 0.0280. The van der Waals surface area contributed by atoms with Crippen LogP contribution in [0.15, 0.2) is 12.2 Å². The number of carbonyl (C=O) groups is 3. The van der Waals surface area contributed by atoms with Gasteiger partial charge in [0.15, 0.2) is 25.2 Å². The Kier molecular flexibility index (Phi) is 46.1. The van der Waals surface area contributed by atoms with Gasteiger partial charge in [-0.05, 0) is 19.3 Å². The van der Waals surface area contributed by atoms with Gasteiger partial charge in [0.25, 0.3) is 0 Å². The second-order valence-corrected chi connectivity index (χ2v) is 27.9. The summed E-state index contributed by atoms with van der Waals surface area (Å²) in [4.78, 5) is 38.4. The van der Waals surface area contributed by atoms with E-state index < -0.39 is 180 Å². The maximum atomic E-state index is 13.6. The van der Waals surface area contributed by atoms with Crippen molar-refractivity contribution in [2.45, 2.75) is 394 Å². The smallest absolute Gasteiger partial charge is 0.220 e. The van der Waals surface area contributed by atoms with Gasteiger partial charge in [0.1, 0.15) is 97.5 Å². The Hall–Kier alpha value is -2.65. The first-order chi connectivity index (χ1) is 47.3. The van der Waals surface area contributed by atoms with Crippen LogP contribution in [-0.4, -0.2) is 247 Å². The number of aliphatic hydroxyl groups excluding tert-OH is 12. The Balaban J connectivity index is 1.38. The molecule has 4 fully saturated rings. The number of allylic oxidation sites excluding steroid dienone is 1. The van der Waals surface area contributed by atoms with Gasteiger partial charge < -0.3 is 115 Å². The van der Waals surface area contributed by atoms with Crippen molar-refractivity contribution in [2.24, 2.45) is 0 Å². The molecule has 3 amide bonds. The van der Waals surface area contributed by atoms with Crippen LogP contribution in [0.3, 0.4) is 0 Å². The maximum absolute atomic E-state index is 13.6. The van der Waals surface area contributed by atoms with E-state index in [0.717, 1.165) is 58.8 Å². The molecule has 0 aromatic heterocycles. The highest BCUT2D eigenvalue weighted by Gasteiger charge is 2.57. The predicted molar refractivity (Wildman–Crippen MR) is 365 cm³/mol. The Morgan fingerprint density at radius 2 is 0.745 bits per heavy atom. The van der Waals surface area contributed by atoms with Crippen molar-refractivity contribution in [1.29, 1.82) is 0 Å². The lowest BCUT2D eigenvalue weighted by atomic mass is 9.94. The molecule has 98 heavy (non-hydrogen) atoms. The van der Waals surface area contributed by atoms with Crippen molar-refractivity contribution in [2.75, 3.05) is 33.0 Å². The Morgan fingerprint density at radius 3 is 1.14 bits per heavy atom. The van der Waals surface area contributed by atoms with E-state index >= 15 is 0 Å². The van der Waals surface area contributed by atoms with Crippen LogP contribution in [0.25, 0.3) is 0 Å². The second-order valence-electron chi connectivity index (χ2n) is 27.9. The van der Waals surface area contributed by atoms with Crippen LogP contribution in [-0.2, 0) is 52.3 Å². The summed E-state index contributed by atoms with van der Waals surface area (Å²) in [5, 5.41) is 141. The molecule has 0 saturated carbocycles. The van der Waals surface area contributed by atoms with Crippen molar-refractivity contribution in [1.82, 2.24) is 16.0 Å². The number of carbonyl (C=O) groups excluding carboxylic acids is 3. The fraction of sp³-hybridized carbons (Fsp3) is 0.931. The first kappa shape index (κ1) is 87.8. The van der Waals surface area contributed by atoms with Crippen LogP contribution in [0.5, 0.6) is 0 Å². The lowest BCUT2D eigenvalue weighted by molar-refractivity contribution is -0.391. The van der Waals surface area contributed by atoms with Crippen molar-refractivity contribution >= 4 is 17.7 Å². The average Bonchev–Trinajstić information content (AvgIpc) is 0.768. The van der Waals surface area contributed by atoms with Gasteiger partial charge in [-0.15, -0.1) is 0 Å². The van der Waals surface area contributed by atoms with Crippen LogP contribution in [0.4, 0.5) is 0 Å². The van der Waals surface area contributed by atoms with E-state index in [2.05, 4.69) is 29.8 Å². The van der Waals surface area contributed by atoms with Crippen molar-refractivity contribution in [3.05, 3.63) is 12.2 Å². The Labute approximate surface area is 584 Å². The third-order valence-corrected chi connectivity index (χ3v) is 19.5. The van der Waals surface area contributed by atoms with Gasteiger partial charge in [-0.3, -0.25) is 14.4 Å². The van der Waals surface area contributed by atoms with Crippen LogP contribution < -0.4 is 16.0 Å². The molecule has 8 unspecified atom stereocenters. The fourth-order valence-electron chi connectivity index (χ4n) is 13.5. The van der Waals surface area contributed by atoms with E-state index in [9.17, 15) is 75.7 Å². The number of amides is 3. The Bertz CT molecular complexity index is 2090. The number of rotatable bonds is 54. The first-order valence-electron chi connectivity index (χ1n) is 37.9. The summed E-state index contributed by atoms with van der Waals surface area (Å²) in [5.41, 5.74) is 0. The molecule has 0 bridgehead atoms. The molecule has 4 aliphatic rings. The minimum absolute atomic E-state index is 0.198. The van der Waals surface area contributed by atoms with E-state index in [1.54, 1.807) is 6.08 Å². The molecule has 4 aliphatic heterocycles. The monoisotopic (exact) mass is 1410 g/mol. The van der Waals surface area contributed by atoms with Gasteiger partial charge in [0.2, 0.25) is 17.7 Å². The zero-order valence-electron chi connectivity index (χ0n) is 59.7. The predicted octanol–water partition coefficient (Wildman–Crippen LogP) is 5.05. The SMILES string of the molecule is CCCCCCCCCCCCC/C=C/[C@@H](O)[C@H](CO[C@@H]1OC(CO)[C@@H](O[C@@H]2OC(CO)[C@H](O[C@@H]3OC(CO)[C@H](O)[C@H](O)C3NC(C)=O)[C@H](O[C@@H]3OC(CO)[C@@H](O)[C@H](O)C3NC(C)=O)C2O)[C@H](O)C1O)NC(=O)CCCCCCCCCCCCCCCCCCCCCCCCC. The van der Waals surface area contributed by atoms with Crippen LogP contribution in [0.1, 0.15) is 259 Å². The molecule has 0 aliphatic carbocycles. The molecule has 4 rings (SSSR count). The van der Waals surface area contributed by atoms with Gasteiger partial charge >= 0.3 is 0 Å². The number of nitrogens with one attached hydrogen (secondary N) is 3. The molecule has 26 heteroatoms. The van der Waals surface area contributed by atoms with Crippen LogP contribution >= 0.6 is 0 Å². The molecule has 15 N–H and O–H groups in total. The van der Waals surface area contributed by atoms with Crippen LogP contribution in [0, 0.1) is 0 Å². The topological polar surface area (TPSA) is 404 Å². The summed E-state index contributed by atoms with van der Waals surface area (Å²) < 4.78 is 48.3. The number of unbranched alkanes of at least 4 members (excludes halogenated alkanes) is 33. The molecular weight excluding hydrogens is 1270 g/mol. The Morgan fingerprint density at radius 1 is 0.398 bits per heavy atom. The van der Waals surface area contributed by atoms with Crippen molar-refractivity contribution in [3.63, 3.8) is 0 Å². The van der Waals surface area contributed by atoms with Crippen LogP contribution in [0.2, 0.25) is 0 Å². The number of ether oxygens (including phenoxy) is 8. The molecule has 0 aromatic carbocycles. The molecule has 4 heterocycles. The average molecular weight is 1410 g/mol. The maximum Gasteiger partial charge on any atom is 0.220 e. The van der Waals surface area contributed by atoms with Gasteiger partial charge in [0.05, 0.1) is 45.2 Å². The van der Waals surface area contributed by atoms with Crippen molar-refractivity contribution in [3.8, 4) is 0 Å². The minimum atomic E-state index is -2.18. The molecule has 4 saturated heterocycles. The summed E-state index contributed by atoms with van der Waals surface area (Å²) in [7, 11) is 0. The zero-order valence-corrected chi connectivity index (χ0v) is 59.7. The number of hydrogen-bond acceptors (Lipinski definition) is 23. The normalized spacial score (nSPS) is 31.3. The van der Waals surface area contributed by atoms with Crippen molar-refractivity contribution < 1.29 is 114 Å². The molecule has 26 nitrogen and oxygen atoms in total. The molecule has 0 spiro atoms. The van der Waals surface area contributed by atoms with Gasteiger partial charge in [-0.1, -0.05) is 231 Å². The number of aliphatic hydroxyl groups is 12. The molecule has 0 radical (unpaired) electrons. The third-order valence-electron chi connectivity index (χ3n) is 19.5. The lowest BCUT2D eigenvalue weighted by Crippen LogP contribution is -2.70. The standard InChI is InChI=1S/C72H133N3O23/c1-5-7-9-11-13-15-17-19-20-21-22-23-24-25-26-27-28-30-32-34-36-38-40-42-56(83)75-50(51(82)41-39-37-35-33-31-29-18-16-14-12-10-8-6-2)47-91-71-64(89)63(88)66(54(45-78)94-71)96-72-65(90)68(98-70-58(74-49(4)81)62(87)60(85)53(44-77)93-70)67(55(46-79)95-72)97-69-57(73-48(3)80)61(86)59(84)52(43-76)92-69/h39,41,50-55,57-72,76-79,82,84-90H,5-38,40,42-47H2,1-4H3,(H,73,80)(H,74,81)(H,75,83)/b41-39+/t50-,51+,52?,53?,54?,55?,57?,58?,59-,60+,61+,62+,63+,64?,65?,66+,67-,68+,69-,70-,71+,72-/m0/s1. The third kappa shape index (κ3) is 31.8. The van der Waals surface area contributed by atoms with E-state index in [4.69, 9.17) is 37.9 Å².